The average Bonchev–Trinajstić information content (AvgIpc) is 2.29. The van der Waals surface area contributed by atoms with E-state index in [9.17, 15) is 9.59 Å². The van der Waals surface area contributed by atoms with E-state index in [2.05, 4.69) is 18.3 Å². The highest BCUT2D eigenvalue weighted by Gasteiger charge is 2.26. The molecule has 1 heterocycles. The minimum absolute atomic E-state index is 0.248. The molecule has 16 heavy (non-hydrogen) atoms. The first-order valence-electron chi connectivity index (χ1n) is 5.65. The molecule has 0 spiro atoms. The predicted octanol–water partition coefficient (Wildman–Crippen LogP) is 1.88. The lowest BCUT2D eigenvalue weighted by atomic mass is 9.91. The fourth-order valence-corrected chi connectivity index (χ4v) is 2.15. The molecular formula is C13H15NO2. The monoisotopic (exact) mass is 217 g/mol. The van der Waals surface area contributed by atoms with E-state index in [4.69, 9.17) is 0 Å². The summed E-state index contributed by atoms with van der Waals surface area (Å²) in [6, 6.07) is 4.09. The van der Waals surface area contributed by atoms with Crippen molar-refractivity contribution < 1.29 is 9.59 Å². The summed E-state index contributed by atoms with van der Waals surface area (Å²) >= 11 is 0. The van der Waals surface area contributed by atoms with Gasteiger partial charge < -0.3 is 5.32 Å². The minimum atomic E-state index is -0.476. The van der Waals surface area contributed by atoms with Gasteiger partial charge >= 0.3 is 0 Å². The van der Waals surface area contributed by atoms with E-state index in [0.717, 1.165) is 35.2 Å². The Morgan fingerprint density at radius 2 is 1.75 bits per heavy atom. The summed E-state index contributed by atoms with van der Waals surface area (Å²) in [5, 5.41) is 2.72. The van der Waals surface area contributed by atoms with Crippen molar-refractivity contribution >= 4 is 17.4 Å². The van der Waals surface area contributed by atoms with Gasteiger partial charge in [-0.3, -0.25) is 9.59 Å². The summed E-state index contributed by atoms with van der Waals surface area (Å²) < 4.78 is 0. The number of Topliss-reactive ketones (excluding diaryl/α,β-unsaturated/α-hetero) is 1. The lowest BCUT2D eigenvalue weighted by molar-refractivity contribution is -0.134. The van der Waals surface area contributed by atoms with Crippen LogP contribution in [0.1, 0.15) is 30.5 Å². The van der Waals surface area contributed by atoms with E-state index in [0.29, 0.717) is 0 Å². The van der Waals surface area contributed by atoms with Crippen molar-refractivity contribution in [3.05, 3.63) is 28.8 Å². The smallest absolute Gasteiger partial charge is 0.292 e. The number of amides is 1. The molecule has 1 amide bonds. The molecule has 0 saturated carbocycles. The Hall–Kier alpha value is -1.64. The molecule has 0 aromatic heterocycles. The first-order chi connectivity index (χ1) is 7.67. The van der Waals surface area contributed by atoms with Crippen LogP contribution in [0.15, 0.2) is 12.1 Å². The molecule has 1 aliphatic rings. The van der Waals surface area contributed by atoms with Crippen LogP contribution in [0.5, 0.6) is 0 Å². The first kappa shape index (κ1) is 10.9. The van der Waals surface area contributed by atoms with Crippen molar-refractivity contribution in [3.8, 4) is 0 Å². The van der Waals surface area contributed by atoms with E-state index < -0.39 is 5.91 Å². The number of fused-ring (bicyclic) bond motifs is 1. The van der Waals surface area contributed by atoms with Crippen molar-refractivity contribution in [2.75, 3.05) is 5.32 Å². The fourth-order valence-electron chi connectivity index (χ4n) is 2.15. The molecule has 0 atom stereocenters. The molecule has 0 aliphatic carbocycles. The summed E-state index contributed by atoms with van der Waals surface area (Å²) in [6.45, 7) is 4.10. The molecule has 84 valence electrons. The van der Waals surface area contributed by atoms with Crippen molar-refractivity contribution in [1.82, 2.24) is 0 Å². The van der Waals surface area contributed by atoms with Crippen LogP contribution in [0.25, 0.3) is 0 Å². The van der Waals surface area contributed by atoms with Gasteiger partial charge in [0.15, 0.2) is 0 Å². The molecule has 3 nitrogen and oxygen atoms in total. The van der Waals surface area contributed by atoms with Crippen molar-refractivity contribution in [1.29, 1.82) is 0 Å². The van der Waals surface area contributed by atoms with Crippen molar-refractivity contribution in [3.63, 3.8) is 0 Å². The number of anilines is 1. The average molecular weight is 217 g/mol. The minimum Gasteiger partial charge on any atom is -0.319 e. The van der Waals surface area contributed by atoms with Crippen LogP contribution in [0.2, 0.25) is 0 Å². The maximum atomic E-state index is 11.4. The zero-order valence-electron chi connectivity index (χ0n) is 9.59. The number of hydrogen-bond donors (Lipinski definition) is 1. The summed E-state index contributed by atoms with van der Waals surface area (Å²) in [7, 11) is 0. The van der Waals surface area contributed by atoms with Gasteiger partial charge in [0, 0.05) is 12.1 Å². The Balaban J connectivity index is 2.58. The van der Waals surface area contributed by atoms with Gasteiger partial charge in [-0.15, -0.1) is 0 Å². The van der Waals surface area contributed by atoms with E-state index in [1.807, 2.05) is 13.0 Å². The van der Waals surface area contributed by atoms with Gasteiger partial charge in [0.2, 0.25) is 5.78 Å². The molecule has 1 N–H and O–H groups in total. The number of rotatable bonds is 2. The zero-order chi connectivity index (χ0) is 11.7. The number of aryl methyl sites for hydroxylation is 2. The van der Waals surface area contributed by atoms with Crippen molar-refractivity contribution in [2.45, 2.75) is 33.1 Å². The number of carbonyl (C=O) groups excluding carboxylic acids is 2. The summed E-state index contributed by atoms with van der Waals surface area (Å²) in [5.41, 5.74) is 4.13. The Morgan fingerprint density at radius 1 is 1.12 bits per heavy atom. The Morgan fingerprint density at radius 3 is 2.38 bits per heavy atom. The van der Waals surface area contributed by atoms with Crippen LogP contribution in [0.4, 0.5) is 5.69 Å². The van der Waals surface area contributed by atoms with Crippen LogP contribution < -0.4 is 5.32 Å². The maximum absolute atomic E-state index is 11.4. The summed E-state index contributed by atoms with van der Waals surface area (Å²) in [5.74, 6) is -0.814. The van der Waals surface area contributed by atoms with Crippen LogP contribution >= 0.6 is 0 Å². The Kier molecular flexibility index (Phi) is 2.77. The topological polar surface area (TPSA) is 46.2 Å². The molecular weight excluding hydrogens is 202 g/mol. The van der Waals surface area contributed by atoms with E-state index >= 15 is 0 Å². The second-order valence-corrected chi connectivity index (χ2v) is 4.00. The van der Waals surface area contributed by atoms with Gasteiger partial charge in [0.25, 0.3) is 5.91 Å². The fraction of sp³-hybridized carbons (Fsp3) is 0.385. The molecule has 0 unspecified atom stereocenters. The third-order valence-electron chi connectivity index (χ3n) is 3.09. The number of nitrogens with one attached hydrogen (secondary N) is 1. The van der Waals surface area contributed by atoms with Crippen LogP contribution in [0, 0.1) is 0 Å². The SMILES string of the molecule is CCc1ccc(CC)c2c1CC(=O)C(=O)N2. The highest BCUT2D eigenvalue weighted by atomic mass is 16.2. The number of carbonyl (C=O) groups is 2. The molecule has 0 bridgehead atoms. The first-order valence-corrected chi connectivity index (χ1v) is 5.65. The standard InChI is InChI=1S/C13H15NO2/c1-3-8-5-6-9(4-2)12-10(8)7-11(15)13(16)14-12/h5-6H,3-4,7H2,1-2H3,(H,14,16). The van der Waals surface area contributed by atoms with Crippen molar-refractivity contribution in [2.24, 2.45) is 0 Å². The molecule has 1 aliphatic heterocycles. The maximum Gasteiger partial charge on any atom is 0.292 e. The third-order valence-corrected chi connectivity index (χ3v) is 3.09. The molecule has 0 saturated heterocycles. The lowest BCUT2D eigenvalue weighted by Crippen LogP contribution is -2.31. The van der Waals surface area contributed by atoms with E-state index in [-0.39, 0.29) is 12.2 Å². The van der Waals surface area contributed by atoms with Crippen LogP contribution in [0.3, 0.4) is 0 Å². The summed E-state index contributed by atoms with van der Waals surface area (Å²) in [6.07, 6.45) is 1.99. The number of benzene rings is 1. The van der Waals surface area contributed by atoms with E-state index in [1.54, 1.807) is 0 Å². The largest absolute Gasteiger partial charge is 0.319 e. The molecule has 2 rings (SSSR count). The van der Waals surface area contributed by atoms with Gasteiger partial charge in [0.1, 0.15) is 0 Å². The van der Waals surface area contributed by atoms with Gasteiger partial charge in [-0.05, 0) is 29.5 Å². The second kappa shape index (κ2) is 4.08. The van der Waals surface area contributed by atoms with Crippen LogP contribution in [-0.4, -0.2) is 11.7 Å². The molecule has 0 radical (unpaired) electrons. The Labute approximate surface area is 94.9 Å². The summed E-state index contributed by atoms with van der Waals surface area (Å²) in [4.78, 5) is 22.8. The molecule has 1 aromatic carbocycles. The molecule has 1 aromatic rings. The molecule has 3 heteroatoms. The van der Waals surface area contributed by atoms with Crippen LogP contribution in [-0.2, 0) is 28.9 Å². The third kappa shape index (κ3) is 1.62. The zero-order valence-corrected chi connectivity index (χ0v) is 9.59. The normalized spacial score (nSPS) is 14.6. The lowest BCUT2D eigenvalue weighted by Gasteiger charge is -2.21. The number of ketones is 1. The van der Waals surface area contributed by atoms with Gasteiger partial charge in [-0.25, -0.2) is 0 Å². The van der Waals surface area contributed by atoms with Gasteiger partial charge in [-0.2, -0.15) is 0 Å². The highest BCUT2D eigenvalue weighted by molar-refractivity contribution is 6.42. The predicted molar refractivity (Wildman–Crippen MR) is 62.5 cm³/mol. The quantitative estimate of drug-likeness (QED) is 0.769. The highest BCUT2D eigenvalue weighted by Crippen LogP contribution is 2.29. The Bertz CT molecular complexity index is 420. The second-order valence-electron chi connectivity index (χ2n) is 4.00. The number of hydrogen-bond acceptors (Lipinski definition) is 2. The molecule has 0 fully saturated rings. The van der Waals surface area contributed by atoms with E-state index in [1.165, 1.54) is 0 Å². The van der Waals surface area contributed by atoms with Gasteiger partial charge in [0.05, 0.1) is 0 Å². The van der Waals surface area contributed by atoms with Gasteiger partial charge in [-0.1, -0.05) is 26.0 Å².